The van der Waals surface area contributed by atoms with Crippen LogP contribution in [0.5, 0.6) is 0 Å². The third-order valence-electron chi connectivity index (χ3n) is 1.92. The topological polar surface area (TPSA) is 0 Å². The molecule has 64 valence electrons. The average molecular weight is 152 g/mol. The Morgan fingerprint density at radius 3 is 2.64 bits per heavy atom. The van der Waals surface area contributed by atoms with Crippen molar-refractivity contribution >= 4 is 0 Å². The van der Waals surface area contributed by atoms with Gasteiger partial charge in [0.2, 0.25) is 0 Å². The fourth-order valence-electron chi connectivity index (χ4n) is 1.18. The summed E-state index contributed by atoms with van der Waals surface area (Å²) in [5.74, 6) is 0.671. The number of rotatable bonds is 6. The summed E-state index contributed by atoms with van der Waals surface area (Å²) in [4.78, 5) is 0. The van der Waals surface area contributed by atoms with Crippen molar-refractivity contribution in [3.05, 3.63) is 18.4 Å². The minimum absolute atomic E-state index is 0.671. The normalized spacial score (nSPS) is 12.2. The van der Waals surface area contributed by atoms with Crippen LogP contribution >= 0.6 is 0 Å². The summed E-state index contributed by atoms with van der Waals surface area (Å²) in [6.07, 6.45) is 8.80. The second-order valence-corrected chi connectivity index (χ2v) is 3.20. The lowest BCUT2D eigenvalue weighted by Crippen LogP contribution is -1.88. The third-order valence-corrected chi connectivity index (χ3v) is 1.92. The Hall–Kier alpha value is -0.480. The summed E-state index contributed by atoms with van der Waals surface area (Å²) in [6.45, 7) is 8.03. The number of hydrogen-bond donors (Lipinski definition) is 0. The summed E-state index contributed by atoms with van der Waals surface area (Å²) in [7, 11) is 0. The second kappa shape index (κ2) is 7.63. The molecule has 0 heterocycles. The van der Waals surface area contributed by atoms with Crippen LogP contribution in [-0.2, 0) is 0 Å². The minimum Gasteiger partial charge on any atom is -0.133 e. The Morgan fingerprint density at radius 1 is 1.36 bits per heavy atom. The summed E-state index contributed by atoms with van der Waals surface area (Å²) >= 11 is 0. The van der Waals surface area contributed by atoms with Gasteiger partial charge in [0, 0.05) is 0 Å². The number of allylic oxidation sites excluding steroid dienone is 1. The van der Waals surface area contributed by atoms with Crippen molar-refractivity contribution in [2.24, 2.45) is 5.92 Å². The van der Waals surface area contributed by atoms with E-state index in [0.29, 0.717) is 5.92 Å². The van der Waals surface area contributed by atoms with Gasteiger partial charge in [-0.05, 0) is 18.4 Å². The fraction of sp³-hybridized carbons (Fsp3) is 0.727. The van der Waals surface area contributed by atoms with Crippen LogP contribution in [0.3, 0.4) is 0 Å². The molecule has 0 aromatic carbocycles. The van der Waals surface area contributed by atoms with E-state index in [1.54, 1.807) is 0 Å². The highest BCUT2D eigenvalue weighted by atomic mass is 14.0. The molecule has 0 fully saturated rings. The molecular formula is C11H20. The van der Waals surface area contributed by atoms with Crippen molar-refractivity contribution in [2.45, 2.75) is 46.0 Å². The van der Waals surface area contributed by atoms with Crippen LogP contribution in [0.2, 0.25) is 0 Å². The monoisotopic (exact) mass is 152 g/mol. The molecule has 0 aliphatic heterocycles. The summed E-state index contributed by atoms with van der Waals surface area (Å²) in [6, 6.07) is 0. The van der Waals surface area contributed by atoms with Gasteiger partial charge in [-0.1, -0.05) is 46.1 Å². The highest BCUT2D eigenvalue weighted by Gasteiger charge is 1.95. The molecule has 0 aliphatic carbocycles. The lowest BCUT2D eigenvalue weighted by Gasteiger charge is -2.03. The molecule has 0 spiro atoms. The Kier molecular flexibility index (Phi) is 7.29. The van der Waals surface area contributed by atoms with E-state index >= 15 is 0 Å². The van der Waals surface area contributed by atoms with Gasteiger partial charge in [-0.3, -0.25) is 0 Å². The Labute approximate surface area is 71.0 Å². The van der Waals surface area contributed by atoms with Gasteiger partial charge in [0.1, 0.15) is 0 Å². The van der Waals surface area contributed by atoms with Gasteiger partial charge in [0.15, 0.2) is 0 Å². The molecule has 0 amide bonds. The first-order valence-corrected chi connectivity index (χ1v) is 4.67. The van der Waals surface area contributed by atoms with Crippen molar-refractivity contribution < 1.29 is 0 Å². The van der Waals surface area contributed by atoms with Crippen LogP contribution < -0.4 is 0 Å². The number of hydrogen-bond acceptors (Lipinski definition) is 0. The van der Waals surface area contributed by atoms with Crippen LogP contribution in [-0.4, -0.2) is 0 Å². The highest BCUT2D eigenvalue weighted by molar-refractivity contribution is 4.81. The zero-order valence-corrected chi connectivity index (χ0v) is 7.90. The zero-order chi connectivity index (χ0) is 8.53. The van der Waals surface area contributed by atoms with Crippen molar-refractivity contribution in [1.29, 1.82) is 0 Å². The van der Waals surface area contributed by atoms with E-state index in [1.165, 1.54) is 32.1 Å². The van der Waals surface area contributed by atoms with Gasteiger partial charge in [0.25, 0.3) is 0 Å². The molecule has 0 aromatic heterocycles. The molecule has 11 heavy (non-hydrogen) atoms. The van der Waals surface area contributed by atoms with Crippen molar-refractivity contribution in [3.8, 4) is 0 Å². The Balaban J connectivity index is 3.17. The first-order valence-electron chi connectivity index (χ1n) is 4.67. The SMILES string of the molecule is C=C=CC(C)CCCCCC. The molecule has 0 nitrogen and oxygen atoms in total. The van der Waals surface area contributed by atoms with Crippen molar-refractivity contribution in [2.75, 3.05) is 0 Å². The zero-order valence-electron chi connectivity index (χ0n) is 7.90. The molecule has 0 radical (unpaired) electrons. The molecular weight excluding hydrogens is 132 g/mol. The average Bonchev–Trinajstić information content (AvgIpc) is 1.99. The summed E-state index contributed by atoms with van der Waals surface area (Å²) < 4.78 is 0. The summed E-state index contributed by atoms with van der Waals surface area (Å²) in [5, 5.41) is 0. The van der Waals surface area contributed by atoms with Gasteiger partial charge < -0.3 is 0 Å². The third kappa shape index (κ3) is 7.42. The van der Waals surface area contributed by atoms with Crippen LogP contribution in [0, 0.1) is 5.92 Å². The van der Waals surface area contributed by atoms with E-state index in [2.05, 4.69) is 32.2 Å². The van der Waals surface area contributed by atoms with E-state index in [0.717, 1.165) is 0 Å². The molecule has 0 saturated carbocycles. The predicted octanol–water partition coefficient (Wildman–Crippen LogP) is 3.93. The number of unbranched alkanes of at least 4 members (excludes halogenated alkanes) is 3. The van der Waals surface area contributed by atoms with E-state index in [-0.39, 0.29) is 0 Å². The second-order valence-electron chi connectivity index (χ2n) is 3.20. The molecule has 0 N–H and O–H groups in total. The Morgan fingerprint density at radius 2 is 2.09 bits per heavy atom. The van der Waals surface area contributed by atoms with Crippen LogP contribution in [0.1, 0.15) is 46.0 Å². The lowest BCUT2D eigenvalue weighted by molar-refractivity contribution is 0.561. The maximum atomic E-state index is 3.56. The van der Waals surface area contributed by atoms with E-state index in [4.69, 9.17) is 0 Å². The van der Waals surface area contributed by atoms with Crippen LogP contribution in [0.25, 0.3) is 0 Å². The molecule has 0 bridgehead atoms. The molecule has 0 heteroatoms. The predicted molar refractivity (Wildman–Crippen MR) is 51.6 cm³/mol. The van der Waals surface area contributed by atoms with Gasteiger partial charge in [-0.15, -0.1) is 5.73 Å². The van der Waals surface area contributed by atoms with Crippen LogP contribution in [0.15, 0.2) is 18.4 Å². The van der Waals surface area contributed by atoms with Crippen molar-refractivity contribution in [1.82, 2.24) is 0 Å². The van der Waals surface area contributed by atoms with E-state index in [9.17, 15) is 0 Å². The molecule has 0 rings (SSSR count). The first kappa shape index (κ1) is 10.5. The highest BCUT2D eigenvalue weighted by Crippen LogP contribution is 2.10. The Bertz CT molecular complexity index is 118. The lowest BCUT2D eigenvalue weighted by atomic mass is 10.0. The standard InChI is InChI=1S/C11H20/c1-4-6-7-8-10-11(3)9-5-2/h9,11H,2,4,6-8,10H2,1,3H3. The van der Waals surface area contributed by atoms with Crippen LogP contribution in [0.4, 0.5) is 0 Å². The summed E-state index contributed by atoms with van der Waals surface area (Å²) in [5.41, 5.74) is 2.83. The van der Waals surface area contributed by atoms with E-state index < -0.39 is 0 Å². The maximum absolute atomic E-state index is 3.56. The first-order chi connectivity index (χ1) is 5.31. The minimum atomic E-state index is 0.671. The van der Waals surface area contributed by atoms with Gasteiger partial charge in [-0.25, -0.2) is 0 Å². The van der Waals surface area contributed by atoms with Gasteiger partial charge in [-0.2, -0.15) is 0 Å². The van der Waals surface area contributed by atoms with E-state index in [1.807, 2.05) is 0 Å². The largest absolute Gasteiger partial charge is 0.133 e. The fourth-order valence-corrected chi connectivity index (χ4v) is 1.18. The van der Waals surface area contributed by atoms with Gasteiger partial charge in [0.05, 0.1) is 0 Å². The molecule has 1 atom stereocenters. The van der Waals surface area contributed by atoms with Crippen molar-refractivity contribution in [3.63, 3.8) is 0 Å². The molecule has 0 aromatic rings. The molecule has 0 saturated heterocycles. The smallest absolute Gasteiger partial charge is 0.0186 e. The quantitative estimate of drug-likeness (QED) is 0.399. The maximum Gasteiger partial charge on any atom is -0.0186 e. The molecule has 1 unspecified atom stereocenters. The van der Waals surface area contributed by atoms with Gasteiger partial charge >= 0.3 is 0 Å². The molecule has 0 aliphatic rings.